The number of hydrogen-bond acceptors (Lipinski definition) is 3. The van der Waals surface area contributed by atoms with E-state index in [0.717, 1.165) is 24.7 Å². The lowest BCUT2D eigenvalue weighted by molar-refractivity contribution is -0.121. The van der Waals surface area contributed by atoms with Gasteiger partial charge in [0.25, 0.3) is 0 Å². The lowest BCUT2D eigenvalue weighted by Crippen LogP contribution is -2.35. The molecule has 0 heterocycles. The first-order valence-corrected chi connectivity index (χ1v) is 9.03. The highest BCUT2D eigenvalue weighted by atomic mass is 35.5. The van der Waals surface area contributed by atoms with Gasteiger partial charge in [-0.2, -0.15) is 0 Å². The highest BCUT2D eigenvalue weighted by Gasteiger charge is 2.24. The first-order chi connectivity index (χ1) is 9.77. The van der Waals surface area contributed by atoms with Gasteiger partial charge in [-0.05, 0) is 37.5 Å². The molecule has 1 saturated carbocycles. The molecule has 0 atom stereocenters. The van der Waals surface area contributed by atoms with Crippen molar-refractivity contribution in [1.82, 2.24) is 5.32 Å². The van der Waals surface area contributed by atoms with Crippen LogP contribution >= 0.6 is 11.6 Å². The van der Waals surface area contributed by atoms with Gasteiger partial charge in [-0.3, -0.25) is 9.10 Å². The van der Waals surface area contributed by atoms with E-state index < -0.39 is 10.0 Å². The molecule has 21 heavy (non-hydrogen) atoms. The minimum atomic E-state index is -3.46. The van der Waals surface area contributed by atoms with Gasteiger partial charge in [0.2, 0.25) is 15.9 Å². The molecule has 1 aliphatic carbocycles. The molecule has 116 valence electrons. The zero-order valence-corrected chi connectivity index (χ0v) is 13.7. The molecule has 5 nitrogen and oxygen atoms in total. The summed E-state index contributed by atoms with van der Waals surface area (Å²) < 4.78 is 25.1. The molecule has 1 aromatic rings. The highest BCUT2D eigenvalue weighted by Crippen LogP contribution is 2.25. The predicted molar refractivity (Wildman–Crippen MR) is 84.2 cm³/mol. The van der Waals surface area contributed by atoms with E-state index in [-0.39, 0.29) is 24.9 Å². The summed E-state index contributed by atoms with van der Waals surface area (Å²) in [7, 11) is -3.46. The van der Waals surface area contributed by atoms with Crippen LogP contribution < -0.4 is 9.62 Å². The van der Waals surface area contributed by atoms with Gasteiger partial charge in [0.15, 0.2) is 0 Å². The summed E-state index contributed by atoms with van der Waals surface area (Å²) in [5.41, 5.74) is 1.35. The molecule has 0 spiro atoms. The third-order valence-electron chi connectivity index (χ3n) is 3.33. The monoisotopic (exact) mass is 330 g/mol. The lowest BCUT2D eigenvalue weighted by Gasteiger charge is -2.22. The molecule has 1 N–H and O–H groups in total. The molecule has 0 unspecified atom stereocenters. The Labute approximate surface area is 130 Å². The first-order valence-electron chi connectivity index (χ1n) is 6.80. The summed E-state index contributed by atoms with van der Waals surface area (Å²) in [6, 6.07) is 5.34. The first kappa shape index (κ1) is 16.1. The van der Waals surface area contributed by atoms with Gasteiger partial charge in [-0.1, -0.05) is 17.7 Å². The van der Waals surface area contributed by atoms with E-state index in [1.165, 1.54) is 4.31 Å². The number of aryl methyl sites for hydroxylation is 1. The van der Waals surface area contributed by atoms with Crippen molar-refractivity contribution in [3.05, 3.63) is 28.8 Å². The number of amides is 1. The number of nitrogens with one attached hydrogen (secondary N) is 1. The molecule has 0 aliphatic heterocycles. The van der Waals surface area contributed by atoms with Gasteiger partial charge >= 0.3 is 0 Å². The van der Waals surface area contributed by atoms with Gasteiger partial charge < -0.3 is 5.32 Å². The standard InChI is InChI=1S/C14H19ClN2O3S/c1-10-3-6-12(9-13(10)15)17(21(2,19)20)8-7-14(18)16-11-4-5-11/h3,6,9,11H,4-5,7-8H2,1-2H3,(H,16,18). The molecular formula is C14H19ClN2O3S. The molecule has 0 saturated heterocycles. The average Bonchev–Trinajstić information content (AvgIpc) is 3.16. The summed E-state index contributed by atoms with van der Waals surface area (Å²) in [5.74, 6) is -0.121. The van der Waals surface area contributed by atoms with Crippen molar-refractivity contribution in [2.24, 2.45) is 0 Å². The fourth-order valence-electron chi connectivity index (χ4n) is 1.95. The van der Waals surface area contributed by atoms with Crippen molar-refractivity contribution >= 4 is 33.2 Å². The molecule has 1 aliphatic rings. The second kappa shape index (κ2) is 6.23. The quantitative estimate of drug-likeness (QED) is 0.868. The van der Waals surface area contributed by atoms with E-state index in [1.54, 1.807) is 18.2 Å². The Kier molecular flexibility index (Phi) is 4.78. The van der Waals surface area contributed by atoms with Crippen molar-refractivity contribution in [2.75, 3.05) is 17.1 Å². The van der Waals surface area contributed by atoms with Gasteiger partial charge in [0, 0.05) is 24.0 Å². The third-order valence-corrected chi connectivity index (χ3v) is 4.93. The molecule has 0 radical (unpaired) electrons. The van der Waals surface area contributed by atoms with Crippen LogP contribution in [0.2, 0.25) is 5.02 Å². The number of sulfonamides is 1. The van der Waals surface area contributed by atoms with Crippen LogP contribution in [0.25, 0.3) is 0 Å². The number of nitrogens with zero attached hydrogens (tertiary/aromatic N) is 1. The minimum absolute atomic E-state index is 0.108. The normalized spacial score (nSPS) is 14.8. The summed E-state index contributed by atoms with van der Waals surface area (Å²) >= 11 is 6.05. The van der Waals surface area contributed by atoms with Gasteiger partial charge in [0.1, 0.15) is 0 Å². The van der Waals surface area contributed by atoms with E-state index in [9.17, 15) is 13.2 Å². The summed E-state index contributed by atoms with van der Waals surface area (Å²) in [5, 5.41) is 3.35. The van der Waals surface area contributed by atoms with Crippen LogP contribution in [0.4, 0.5) is 5.69 Å². The Morgan fingerprint density at radius 1 is 1.43 bits per heavy atom. The van der Waals surface area contributed by atoms with Crippen molar-refractivity contribution < 1.29 is 13.2 Å². The maximum atomic E-state index is 11.9. The number of anilines is 1. The molecule has 7 heteroatoms. The van der Waals surface area contributed by atoms with Crippen LogP contribution in [0.3, 0.4) is 0 Å². The Morgan fingerprint density at radius 3 is 2.62 bits per heavy atom. The average molecular weight is 331 g/mol. The fourth-order valence-corrected chi connectivity index (χ4v) is 3.05. The number of rotatable bonds is 6. The van der Waals surface area contributed by atoms with Gasteiger partial charge in [-0.15, -0.1) is 0 Å². The fraction of sp³-hybridized carbons (Fsp3) is 0.500. The van der Waals surface area contributed by atoms with E-state index in [0.29, 0.717) is 10.7 Å². The molecule has 0 bridgehead atoms. The number of hydrogen-bond donors (Lipinski definition) is 1. The molecule has 1 fully saturated rings. The largest absolute Gasteiger partial charge is 0.353 e. The third kappa shape index (κ3) is 4.61. The summed E-state index contributed by atoms with van der Waals surface area (Å²) in [6.07, 6.45) is 3.28. The van der Waals surface area contributed by atoms with E-state index in [4.69, 9.17) is 11.6 Å². The van der Waals surface area contributed by atoms with Crippen molar-refractivity contribution in [1.29, 1.82) is 0 Å². The lowest BCUT2D eigenvalue weighted by atomic mass is 10.2. The van der Waals surface area contributed by atoms with Crippen LogP contribution in [0.5, 0.6) is 0 Å². The van der Waals surface area contributed by atoms with Crippen molar-refractivity contribution in [3.8, 4) is 0 Å². The Morgan fingerprint density at radius 2 is 2.10 bits per heavy atom. The second-order valence-corrected chi connectivity index (χ2v) is 7.67. The van der Waals surface area contributed by atoms with Crippen molar-refractivity contribution in [2.45, 2.75) is 32.2 Å². The number of halogens is 1. The van der Waals surface area contributed by atoms with Crippen LogP contribution in [-0.2, 0) is 14.8 Å². The zero-order chi connectivity index (χ0) is 15.6. The minimum Gasteiger partial charge on any atom is -0.353 e. The predicted octanol–water partition coefficient (Wildman–Crippen LogP) is 2.08. The van der Waals surface area contributed by atoms with Crippen LogP contribution in [0.15, 0.2) is 18.2 Å². The van der Waals surface area contributed by atoms with Crippen LogP contribution in [0, 0.1) is 6.92 Å². The highest BCUT2D eigenvalue weighted by molar-refractivity contribution is 7.92. The Hall–Kier alpha value is -1.27. The number of benzene rings is 1. The van der Waals surface area contributed by atoms with Gasteiger partial charge in [-0.25, -0.2) is 8.42 Å². The summed E-state index contributed by atoms with van der Waals surface area (Å²) in [4.78, 5) is 11.7. The second-order valence-electron chi connectivity index (χ2n) is 5.36. The smallest absolute Gasteiger partial charge is 0.232 e. The van der Waals surface area contributed by atoms with Gasteiger partial charge in [0.05, 0.1) is 11.9 Å². The number of carbonyl (C=O) groups excluding carboxylic acids is 1. The number of carbonyl (C=O) groups is 1. The summed E-state index contributed by atoms with van der Waals surface area (Å²) in [6.45, 7) is 1.96. The zero-order valence-electron chi connectivity index (χ0n) is 12.1. The van der Waals surface area contributed by atoms with E-state index in [2.05, 4.69) is 5.32 Å². The van der Waals surface area contributed by atoms with Crippen LogP contribution in [0.1, 0.15) is 24.8 Å². The molecule has 2 rings (SSSR count). The van der Waals surface area contributed by atoms with E-state index >= 15 is 0 Å². The Balaban J connectivity index is 2.10. The molecule has 1 amide bonds. The van der Waals surface area contributed by atoms with E-state index in [1.807, 2.05) is 6.92 Å². The van der Waals surface area contributed by atoms with Crippen LogP contribution in [-0.4, -0.2) is 33.2 Å². The molecule has 1 aromatic carbocycles. The Bertz CT molecular complexity index is 642. The topological polar surface area (TPSA) is 66.5 Å². The van der Waals surface area contributed by atoms with Crippen molar-refractivity contribution in [3.63, 3.8) is 0 Å². The maximum absolute atomic E-state index is 11.9. The maximum Gasteiger partial charge on any atom is 0.232 e. The molecular weight excluding hydrogens is 312 g/mol. The SMILES string of the molecule is Cc1ccc(N(CCC(=O)NC2CC2)S(C)(=O)=O)cc1Cl. The molecule has 0 aromatic heterocycles.